The van der Waals surface area contributed by atoms with Crippen molar-refractivity contribution in [2.75, 3.05) is 31.6 Å². The number of amides is 1. The van der Waals surface area contributed by atoms with E-state index in [4.69, 9.17) is 9.47 Å². The maximum atomic E-state index is 11.8. The van der Waals surface area contributed by atoms with E-state index in [0.29, 0.717) is 19.8 Å². The van der Waals surface area contributed by atoms with E-state index in [-0.39, 0.29) is 12.2 Å². The standard InChI is InChI=1S/C15H20N2O3/c18-14(10-16-9-11-4-5-11)17-13-3-1-2-12(8-13)15-19-6-7-20-15/h1-3,8,11,15-16H,4-7,9-10H2,(H,17,18). The number of hydrogen-bond acceptors (Lipinski definition) is 4. The zero-order chi connectivity index (χ0) is 13.8. The summed E-state index contributed by atoms with van der Waals surface area (Å²) in [5, 5.41) is 6.06. The van der Waals surface area contributed by atoms with Crippen molar-refractivity contribution < 1.29 is 14.3 Å². The minimum Gasteiger partial charge on any atom is -0.346 e. The predicted octanol–water partition coefficient (Wildman–Crippen LogP) is 1.67. The maximum absolute atomic E-state index is 11.8. The van der Waals surface area contributed by atoms with E-state index in [0.717, 1.165) is 23.7 Å². The third kappa shape index (κ3) is 3.79. The quantitative estimate of drug-likeness (QED) is 0.830. The van der Waals surface area contributed by atoms with Crippen molar-refractivity contribution in [2.45, 2.75) is 19.1 Å². The van der Waals surface area contributed by atoms with Crippen molar-refractivity contribution in [3.63, 3.8) is 0 Å². The summed E-state index contributed by atoms with van der Waals surface area (Å²) in [6, 6.07) is 7.61. The largest absolute Gasteiger partial charge is 0.346 e. The lowest BCUT2D eigenvalue weighted by Crippen LogP contribution is -2.29. The average molecular weight is 276 g/mol. The van der Waals surface area contributed by atoms with Crippen LogP contribution < -0.4 is 10.6 Å². The lowest BCUT2D eigenvalue weighted by molar-refractivity contribution is -0.115. The molecule has 1 aliphatic heterocycles. The summed E-state index contributed by atoms with van der Waals surface area (Å²) in [5.41, 5.74) is 1.71. The molecule has 0 bridgehead atoms. The lowest BCUT2D eigenvalue weighted by Gasteiger charge is -2.11. The summed E-state index contributed by atoms with van der Waals surface area (Å²) in [4.78, 5) is 11.8. The first-order chi connectivity index (χ1) is 9.81. The second-order valence-electron chi connectivity index (χ2n) is 5.32. The lowest BCUT2D eigenvalue weighted by atomic mass is 10.2. The van der Waals surface area contributed by atoms with Gasteiger partial charge in [-0.15, -0.1) is 0 Å². The molecule has 1 aromatic carbocycles. The molecule has 2 fully saturated rings. The number of nitrogens with one attached hydrogen (secondary N) is 2. The van der Waals surface area contributed by atoms with Gasteiger partial charge in [0.15, 0.2) is 6.29 Å². The van der Waals surface area contributed by atoms with Gasteiger partial charge in [-0.1, -0.05) is 12.1 Å². The molecule has 20 heavy (non-hydrogen) atoms. The van der Waals surface area contributed by atoms with Crippen molar-refractivity contribution in [1.29, 1.82) is 0 Å². The number of benzene rings is 1. The highest BCUT2D eigenvalue weighted by molar-refractivity contribution is 5.92. The highest BCUT2D eigenvalue weighted by Crippen LogP contribution is 2.27. The molecule has 0 spiro atoms. The third-order valence-electron chi connectivity index (χ3n) is 3.48. The molecule has 108 valence electrons. The minimum absolute atomic E-state index is 0.0175. The Hall–Kier alpha value is -1.43. The van der Waals surface area contributed by atoms with Crippen LogP contribution in [0.3, 0.4) is 0 Å². The molecule has 1 saturated heterocycles. The molecule has 1 heterocycles. The van der Waals surface area contributed by atoms with Gasteiger partial charge in [-0.3, -0.25) is 4.79 Å². The Balaban J connectivity index is 1.50. The molecule has 0 unspecified atom stereocenters. The van der Waals surface area contributed by atoms with Crippen LogP contribution in [0.5, 0.6) is 0 Å². The Bertz CT molecular complexity index is 468. The van der Waals surface area contributed by atoms with Crippen LogP contribution in [0.4, 0.5) is 5.69 Å². The van der Waals surface area contributed by atoms with Gasteiger partial charge in [0.05, 0.1) is 19.8 Å². The Morgan fingerprint density at radius 2 is 2.05 bits per heavy atom. The summed E-state index contributed by atoms with van der Waals surface area (Å²) in [7, 11) is 0. The molecule has 1 aromatic rings. The third-order valence-corrected chi connectivity index (χ3v) is 3.48. The zero-order valence-corrected chi connectivity index (χ0v) is 11.4. The number of hydrogen-bond donors (Lipinski definition) is 2. The average Bonchev–Trinajstić information content (AvgIpc) is 3.10. The van der Waals surface area contributed by atoms with Gasteiger partial charge in [0.2, 0.25) is 5.91 Å². The molecule has 2 N–H and O–H groups in total. The van der Waals surface area contributed by atoms with Crippen LogP contribution >= 0.6 is 0 Å². The van der Waals surface area contributed by atoms with E-state index in [1.807, 2.05) is 24.3 Å². The summed E-state index contributed by atoms with van der Waals surface area (Å²) in [6.45, 7) is 2.53. The Morgan fingerprint density at radius 1 is 1.25 bits per heavy atom. The highest BCUT2D eigenvalue weighted by atomic mass is 16.7. The van der Waals surface area contributed by atoms with Crippen LogP contribution in [0.15, 0.2) is 24.3 Å². The second-order valence-corrected chi connectivity index (χ2v) is 5.32. The molecule has 1 aliphatic carbocycles. The van der Waals surface area contributed by atoms with Crippen LogP contribution in [0, 0.1) is 5.92 Å². The van der Waals surface area contributed by atoms with Crippen LogP contribution in [0.1, 0.15) is 24.7 Å². The summed E-state index contributed by atoms with van der Waals surface area (Å²) < 4.78 is 10.9. The topological polar surface area (TPSA) is 59.6 Å². The van der Waals surface area contributed by atoms with Gasteiger partial charge < -0.3 is 20.1 Å². The van der Waals surface area contributed by atoms with Crippen LogP contribution in [-0.4, -0.2) is 32.2 Å². The minimum atomic E-state index is -0.306. The van der Waals surface area contributed by atoms with Gasteiger partial charge in [-0.2, -0.15) is 0 Å². The van der Waals surface area contributed by atoms with Crippen molar-refractivity contribution in [1.82, 2.24) is 5.32 Å². The van der Waals surface area contributed by atoms with Crippen LogP contribution in [0.25, 0.3) is 0 Å². The smallest absolute Gasteiger partial charge is 0.238 e. The van der Waals surface area contributed by atoms with Gasteiger partial charge in [0.1, 0.15) is 0 Å². The highest BCUT2D eigenvalue weighted by Gasteiger charge is 2.21. The SMILES string of the molecule is O=C(CNCC1CC1)Nc1cccc(C2OCCO2)c1. The number of carbonyl (C=O) groups excluding carboxylic acids is 1. The molecular formula is C15H20N2O3. The van der Waals surface area contributed by atoms with E-state index in [1.165, 1.54) is 12.8 Å². The molecular weight excluding hydrogens is 256 g/mol. The van der Waals surface area contributed by atoms with Gasteiger partial charge >= 0.3 is 0 Å². The van der Waals surface area contributed by atoms with E-state index >= 15 is 0 Å². The fraction of sp³-hybridized carbons (Fsp3) is 0.533. The molecule has 0 atom stereocenters. The molecule has 3 rings (SSSR count). The molecule has 5 nitrogen and oxygen atoms in total. The van der Waals surface area contributed by atoms with E-state index in [9.17, 15) is 4.79 Å². The maximum Gasteiger partial charge on any atom is 0.238 e. The number of carbonyl (C=O) groups is 1. The van der Waals surface area contributed by atoms with Crippen LogP contribution in [-0.2, 0) is 14.3 Å². The Kier molecular flexibility index (Phi) is 4.30. The zero-order valence-electron chi connectivity index (χ0n) is 11.4. The number of anilines is 1. The van der Waals surface area contributed by atoms with Crippen molar-refractivity contribution in [3.8, 4) is 0 Å². The summed E-state index contributed by atoms with van der Waals surface area (Å²) >= 11 is 0. The molecule has 1 saturated carbocycles. The Labute approximate surface area is 118 Å². The van der Waals surface area contributed by atoms with E-state index in [2.05, 4.69) is 10.6 Å². The summed E-state index contributed by atoms with van der Waals surface area (Å²) in [6.07, 6.45) is 2.27. The van der Waals surface area contributed by atoms with E-state index in [1.54, 1.807) is 0 Å². The van der Waals surface area contributed by atoms with E-state index < -0.39 is 0 Å². The van der Waals surface area contributed by atoms with Crippen molar-refractivity contribution in [2.24, 2.45) is 5.92 Å². The first-order valence-corrected chi connectivity index (χ1v) is 7.15. The molecule has 2 aliphatic rings. The van der Waals surface area contributed by atoms with Gasteiger partial charge in [0.25, 0.3) is 0 Å². The monoisotopic (exact) mass is 276 g/mol. The van der Waals surface area contributed by atoms with Crippen molar-refractivity contribution >= 4 is 11.6 Å². The number of rotatable bonds is 6. The van der Waals surface area contributed by atoms with Crippen molar-refractivity contribution in [3.05, 3.63) is 29.8 Å². The first-order valence-electron chi connectivity index (χ1n) is 7.15. The molecule has 1 amide bonds. The van der Waals surface area contributed by atoms with Gasteiger partial charge in [-0.25, -0.2) is 0 Å². The Morgan fingerprint density at radius 3 is 2.80 bits per heavy atom. The number of ether oxygens (including phenoxy) is 2. The molecule has 5 heteroatoms. The van der Waals surface area contributed by atoms with Gasteiger partial charge in [-0.05, 0) is 37.4 Å². The predicted molar refractivity (Wildman–Crippen MR) is 75.3 cm³/mol. The normalized spacial score (nSPS) is 19.2. The van der Waals surface area contributed by atoms with Gasteiger partial charge in [0, 0.05) is 11.3 Å². The first kappa shape index (κ1) is 13.5. The summed E-state index contributed by atoms with van der Waals surface area (Å²) in [5.74, 6) is 0.763. The second kappa shape index (κ2) is 6.35. The fourth-order valence-electron chi connectivity index (χ4n) is 2.23. The fourth-order valence-corrected chi connectivity index (χ4v) is 2.23. The van der Waals surface area contributed by atoms with Crippen LogP contribution in [0.2, 0.25) is 0 Å². The molecule has 0 radical (unpaired) electrons. The molecule has 0 aromatic heterocycles.